The van der Waals surface area contributed by atoms with Crippen molar-refractivity contribution in [2.24, 2.45) is 5.92 Å². The van der Waals surface area contributed by atoms with E-state index in [1.165, 1.54) is 0 Å². The van der Waals surface area contributed by atoms with Gasteiger partial charge in [-0.3, -0.25) is 9.59 Å². The first-order chi connectivity index (χ1) is 10.1. The van der Waals surface area contributed by atoms with Crippen LogP contribution < -0.4 is 4.74 Å². The van der Waals surface area contributed by atoms with Crippen LogP contribution in [0.3, 0.4) is 0 Å². The summed E-state index contributed by atoms with van der Waals surface area (Å²) in [5.41, 5.74) is 1.12. The van der Waals surface area contributed by atoms with Gasteiger partial charge in [0.15, 0.2) is 5.78 Å². The van der Waals surface area contributed by atoms with Crippen molar-refractivity contribution in [3.8, 4) is 5.75 Å². The summed E-state index contributed by atoms with van der Waals surface area (Å²) in [5, 5.41) is 0.592. The third kappa shape index (κ3) is 3.31. The summed E-state index contributed by atoms with van der Waals surface area (Å²) in [6.45, 7) is 0. The molecule has 1 aliphatic carbocycles. The van der Waals surface area contributed by atoms with Crippen LogP contribution in [0.1, 0.15) is 28.8 Å². The lowest BCUT2D eigenvalue weighted by Crippen LogP contribution is -2.10. The molecule has 0 unspecified atom stereocenters. The average Bonchev–Trinajstić information content (AvgIpc) is 3.33. The topological polar surface area (TPSA) is 43.4 Å². The van der Waals surface area contributed by atoms with Gasteiger partial charge < -0.3 is 4.74 Å². The number of carbonyl (C=O) groups is 2. The summed E-state index contributed by atoms with van der Waals surface area (Å²) in [4.78, 5) is 23.8. The minimum Gasteiger partial charge on any atom is -0.426 e. The van der Waals surface area contributed by atoms with Crippen LogP contribution in [0.15, 0.2) is 48.5 Å². The highest BCUT2D eigenvalue weighted by Gasteiger charge is 2.31. The largest absolute Gasteiger partial charge is 0.426 e. The SMILES string of the molecule is O=C(c1ccc(Cl)cc1)c1ccc(OC(=O)C2CC2)cc1. The molecule has 3 rings (SSSR count). The van der Waals surface area contributed by atoms with Crippen LogP contribution in [0.4, 0.5) is 0 Å². The van der Waals surface area contributed by atoms with Gasteiger partial charge in [-0.2, -0.15) is 0 Å². The van der Waals surface area contributed by atoms with E-state index in [0.717, 1.165) is 12.8 Å². The maximum Gasteiger partial charge on any atom is 0.314 e. The van der Waals surface area contributed by atoms with Crippen molar-refractivity contribution in [2.75, 3.05) is 0 Å². The Balaban J connectivity index is 1.72. The van der Waals surface area contributed by atoms with Crippen molar-refractivity contribution < 1.29 is 14.3 Å². The molecule has 0 aromatic heterocycles. The van der Waals surface area contributed by atoms with Crippen LogP contribution in [-0.4, -0.2) is 11.8 Å². The van der Waals surface area contributed by atoms with Gasteiger partial charge in [-0.15, -0.1) is 0 Å². The van der Waals surface area contributed by atoms with E-state index in [2.05, 4.69) is 0 Å². The van der Waals surface area contributed by atoms with E-state index in [1.54, 1.807) is 48.5 Å². The van der Waals surface area contributed by atoms with Gasteiger partial charge in [-0.05, 0) is 61.4 Å². The lowest BCUT2D eigenvalue weighted by molar-refractivity contribution is -0.135. The first kappa shape index (κ1) is 13.8. The van der Waals surface area contributed by atoms with Crippen molar-refractivity contribution in [3.63, 3.8) is 0 Å². The van der Waals surface area contributed by atoms with Crippen LogP contribution in [0.5, 0.6) is 5.75 Å². The summed E-state index contributed by atoms with van der Waals surface area (Å²) in [5.74, 6) is 0.249. The first-order valence-electron chi connectivity index (χ1n) is 6.75. The molecule has 2 aromatic rings. The number of ketones is 1. The predicted molar refractivity (Wildman–Crippen MR) is 79.7 cm³/mol. The van der Waals surface area contributed by atoms with Crippen molar-refractivity contribution >= 4 is 23.4 Å². The zero-order valence-corrected chi connectivity index (χ0v) is 12.0. The second kappa shape index (κ2) is 5.70. The zero-order chi connectivity index (χ0) is 14.8. The molecule has 0 atom stereocenters. The fourth-order valence-electron chi connectivity index (χ4n) is 1.96. The van der Waals surface area contributed by atoms with Crippen LogP contribution in [0.25, 0.3) is 0 Å². The molecule has 0 radical (unpaired) electrons. The van der Waals surface area contributed by atoms with Gasteiger partial charge in [-0.1, -0.05) is 11.6 Å². The third-order valence-corrected chi connectivity index (χ3v) is 3.60. The maximum absolute atomic E-state index is 12.3. The molecule has 2 aromatic carbocycles. The van der Waals surface area contributed by atoms with Crippen molar-refractivity contribution in [3.05, 3.63) is 64.7 Å². The van der Waals surface area contributed by atoms with E-state index in [1.807, 2.05) is 0 Å². The molecule has 0 bridgehead atoms. The molecule has 0 aliphatic heterocycles. The molecular formula is C17H13ClO3. The number of hydrogen-bond acceptors (Lipinski definition) is 3. The van der Waals surface area contributed by atoms with Gasteiger partial charge in [0.2, 0.25) is 0 Å². The second-order valence-corrected chi connectivity index (χ2v) is 5.49. The number of esters is 1. The smallest absolute Gasteiger partial charge is 0.314 e. The highest BCUT2D eigenvalue weighted by Crippen LogP contribution is 2.30. The maximum atomic E-state index is 12.3. The monoisotopic (exact) mass is 300 g/mol. The van der Waals surface area contributed by atoms with Crippen molar-refractivity contribution in [2.45, 2.75) is 12.8 Å². The summed E-state index contributed by atoms with van der Waals surface area (Å²) in [6, 6.07) is 13.3. The fourth-order valence-corrected chi connectivity index (χ4v) is 2.09. The van der Waals surface area contributed by atoms with E-state index in [0.29, 0.717) is 21.9 Å². The summed E-state index contributed by atoms with van der Waals surface area (Å²) < 4.78 is 5.23. The van der Waals surface area contributed by atoms with E-state index in [-0.39, 0.29) is 17.7 Å². The van der Waals surface area contributed by atoms with E-state index < -0.39 is 0 Å². The Labute approximate surface area is 127 Å². The molecule has 3 nitrogen and oxygen atoms in total. The minimum absolute atomic E-state index is 0.0559. The Morgan fingerprint density at radius 2 is 1.43 bits per heavy atom. The van der Waals surface area contributed by atoms with Gasteiger partial charge in [0.25, 0.3) is 0 Å². The molecule has 0 saturated heterocycles. The molecule has 1 aliphatic rings. The van der Waals surface area contributed by atoms with Gasteiger partial charge in [0, 0.05) is 16.1 Å². The molecule has 0 N–H and O–H groups in total. The lowest BCUT2D eigenvalue weighted by Gasteiger charge is -2.05. The van der Waals surface area contributed by atoms with Crippen LogP contribution in [-0.2, 0) is 4.79 Å². The standard InChI is InChI=1S/C17H13ClO3/c18-14-7-3-11(4-8-14)16(19)12-5-9-15(10-6-12)21-17(20)13-1-2-13/h3-10,13H,1-2H2. The Bertz CT molecular complexity index is 670. The molecule has 0 amide bonds. The molecule has 1 fully saturated rings. The Hall–Kier alpha value is -2.13. The summed E-state index contributed by atoms with van der Waals surface area (Å²) >= 11 is 5.80. The van der Waals surface area contributed by atoms with Crippen LogP contribution >= 0.6 is 11.6 Å². The molecule has 1 saturated carbocycles. The van der Waals surface area contributed by atoms with Gasteiger partial charge in [0.1, 0.15) is 5.75 Å². The van der Waals surface area contributed by atoms with Gasteiger partial charge in [-0.25, -0.2) is 0 Å². The Morgan fingerprint density at radius 3 is 1.95 bits per heavy atom. The Morgan fingerprint density at radius 1 is 0.905 bits per heavy atom. The minimum atomic E-state index is -0.188. The number of benzene rings is 2. The molecule has 106 valence electrons. The quantitative estimate of drug-likeness (QED) is 0.489. The third-order valence-electron chi connectivity index (χ3n) is 3.35. The fraction of sp³-hybridized carbons (Fsp3) is 0.176. The number of rotatable bonds is 4. The highest BCUT2D eigenvalue weighted by atomic mass is 35.5. The predicted octanol–water partition coefficient (Wildman–Crippen LogP) is 3.89. The summed E-state index contributed by atoms with van der Waals surface area (Å²) in [6.07, 6.45) is 1.82. The molecule has 21 heavy (non-hydrogen) atoms. The van der Waals surface area contributed by atoms with Crippen molar-refractivity contribution in [1.29, 1.82) is 0 Å². The first-order valence-corrected chi connectivity index (χ1v) is 7.13. The van der Waals surface area contributed by atoms with Gasteiger partial charge in [0.05, 0.1) is 5.92 Å². The molecule has 0 spiro atoms. The number of halogens is 1. The van der Waals surface area contributed by atoms with Gasteiger partial charge >= 0.3 is 5.97 Å². The Kier molecular flexibility index (Phi) is 3.76. The van der Waals surface area contributed by atoms with Crippen molar-refractivity contribution in [1.82, 2.24) is 0 Å². The second-order valence-electron chi connectivity index (χ2n) is 5.06. The number of ether oxygens (including phenoxy) is 1. The van der Waals surface area contributed by atoms with Crippen LogP contribution in [0, 0.1) is 5.92 Å². The molecular weight excluding hydrogens is 288 g/mol. The average molecular weight is 301 g/mol. The lowest BCUT2D eigenvalue weighted by atomic mass is 10.0. The molecule has 4 heteroatoms. The van der Waals surface area contributed by atoms with Crippen LogP contribution in [0.2, 0.25) is 5.02 Å². The number of hydrogen-bond donors (Lipinski definition) is 0. The summed E-state index contributed by atoms with van der Waals surface area (Å²) in [7, 11) is 0. The van der Waals surface area contributed by atoms with E-state index >= 15 is 0 Å². The van der Waals surface area contributed by atoms with E-state index in [9.17, 15) is 9.59 Å². The number of carbonyl (C=O) groups excluding carboxylic acids is 2. The zero-order valence-electron chi connectivity index (χ0n) is 11.2. The highest BCUT2D eigenvalue weighted by molar-refractivity contribution is 6.30. The van der Waals surface area contributed by atoms with E-state index in [4.69, 9.17) is 16.3 Å². The molecule has 0 heterocycles. The normalized spacial score (nSPS) is 13.8.